The lowest BCUT2D eigenvalue weighted by Gasteiger charge is -2.29. The third-order valence-electron chi connectivity index (χ3n) is 7.05. The van der Waals surface area contributed by atoms with Gasteiger partial charge < -0.3 is 0 Å². The van der Waals surface area contributed by atoms with E-state index in [1.165, 1.54) is 102 Å². The summed E-state index contributed by atoms with van der Waals surface area (Å²) < 4.78 is 2.47. The number of fused-ring (bicyclic) bond motifs is 1. The quantitative estimate of drug-likeness (QED) is 0.282. The van der Waals surface area contributed by atoms with E-state index in [-0.39, 0.29) is 0 Å². The molecule has 0 radical (unpaired) electrons. The van der Waals surface area contributed by atoms with E-state index in [0.29, 0.717) is 0 Å². The van der Waals surface area contributed by atoms with Gasteiger partial charge in [-0.15, -0.1) is 22.7 Å². The second-order valence-electron chi connectivity index (χ2n) is 9.31. The average Bonchev–Trinajstić information content (AvgIpc) is 3.38. The molecule has 1 aliphatic carbocycles. The van der Waals surface area contributed by atoms with Crippen LogP contribution in [0.15, 0.2) is 36.4 Å². The minimum atomic E-state index is 0.754. The molecule has 2 heterocycles. The lowest BCUT2D eigenvalue weighted by Crippen LogP contribution is -2.13. The van der Waals surface area contributed by atoms with Crippen LogP contribution in [0.2, 0.25) is 0 Å². The summed E-state index contributed by atoms with van der Waals surface area (Å²) in [5.41, 5.74) is 2.84. The summed E-state index contributed by atoms with van der Waals surface area (Å²) in [6.45, 7) is 2.29. The summed E-state index contributed by atoms with van der Waals surface area (Å²) in [7, 11) is 0. The zero-order valence-electron chi connectivity index (χ0n) is 18.9. The molecule has 0 atom stereocenters. The summed E-state index contributed by atoms with van der Waals surface area (Å²) in [4.78, 5) is 2.13. The first kappa shape index (κ1) is 22.6. The molecule has 0 unspecified atom stereocenters. The first-order chi connectivity index (χ1) is 15.3. The van der Waals surface area contributed by atoms with E-state index in [1.807, 2.05) is 6.07 Å². The maximum atomic E-state index is 9.07. The number of rotatable bonds is 10. The lowest BCUT2D eigenvalue weighted by atomic mass is 9.77. The van der Waals surface area contributed by atoms with Crippen LogP contribution in [-0.2, 0) is 0 Å². The molecule has 0 aliphatic heterocycles. The zero-order valence-corrected chi connectivity index (χ0v) is 20.5. The van der Waals surface area contributed by atoms with E-state index >= 15 is 0 Å². The van der Waals surface area contributed by atoms with E-state index in [4.69, 9.17) is 5.26 Å². The van der Waals surface area contributed by atoms with E-state index in [9.17, 15) is 0 Å². The second-order valence-corrected chi connectivity index (χ2v) is 11.5. The predicted molar refractivity (Wildman–Crippen MR) is 137 cm³/mol. The molecule has 1 nitrogen and oxygen atoms in total. The number of unbranched alkanes of at least 4 members (excludes halogenated alkanes) is 6. The van der Waals surface area contributed by atoms with Crippen LogP contribution in [-0.4, -0.2) is 0 Å². The standard InChI is InChI=1S/C28H35NS2/c1-2-3-4-5-6-7-8-9-21-10-12-22(13-11-21)23-14-16-24(17-15-23)26-19-28-27(31-26)18-25(20-29)30-28/h14-19,21-22H,2-13H2,1H3. The van der Waals surface area contributed by atoms with Crippen molar-refractivity contribution < 1.29 is 0 Å². The SMILES string of the molecule is CCCCCCCCCC1CCC(c2ccc(-c3cc4sc(C#N)cc4s3)cc2)CC1. The van der Waals surface area contributed by atoms with Crippen molar-refractivity contribution in [1.29, 1.82) is 5.26 Å². The highest BCUT2D eigenvalue weighted by atomic mass is 32.1. The molecule has 0 saturated heterocycles. The maximum absolute atomic E-state index is 9.07. The fourth-order valence-electron chi connectivity index (χ4n) is 5.13. The van der Waals surface area contributed by atoms with Crippen molar-refractivity contribution in [2.24, 2.45) is 5.92 Å². The Balaban J connectivity index is 1.23. The highest BCUT2D eigenvalue weighted by Gasteiger charge is 2.22. The molecule has 1 saturated carbocycles. The van der Waals surface area contributed by atoms with E-state index in [2.05, 4.69) is 43.3 Å². The van der Waals surface area contributed by atoms with Crippen molar-refractivity contribution >= 4 is 32.1 Å². The van der Waals surface area contributed by atoms with Crippen molar-refractivity contribution in [2.75, 3.05) is 0 Å². The third kappa shape index (κ3) is 5.99. The van der Waals surface area contributed by atoms with Gasteiger partial charge in [0.2, 0.25) is 0 Å². The zero-order chi connectivity index (χ0) is 21.5. The number of hydrogen-bond donors (Lipinski definition) is 0. The topological polar surface area (TPSA) is 23.8 Å². The van der Waals surface area contributed by atoms with Gasteiger partial charge >= 0.3 is 0 Å². The summed E-state index contributed by atoms with van der Waals surface area (Å²) in [5, 5.41) is 9.07. The van der Waals surface area contributed by atoms with Gasteiger partial charge in [0.15, 0.2) is 0 Å². The fraction of sp³-hybridized carbons (Fsp3) is 0.536. The molecular formula is C28H35NS2. The van der Waals surface area contributed by atoms with Gasteiger partial charge in [-0.25, -0.2) is 0 Å². The second kappa shape index (κ2) is 11.3. The Morgan fingerprint density at radius 1 is 0.839 bits per heavy atom. The van der Waals surface area contributed by atoms with Gasteiger partial charge in [-0.3, -0.25) is 0 Å². The van der Waals surface area contributed by atoms with Crippen LogP contribution in [0, 0.1) is 17.2 Å². The molecule has 3 aromatic rings. The minimum Gasteiger partial charge on any atom is -0.192 e. The molecule has 0 amide bonds. The monoisotopic (exact) mass is 449 g/mol. The Labute approximate surface area is 196 Å². The van der Waals surface area contributed by atoms with Gasteiger partial charge in [0.1, 0.15) is 10.9 Å². The Morgan fingerprint density at radius 3 is 2.19 bits per heavy atom. The van der Waals surface area contributed by atoms with Crippen LogP contribution in [0.1, 0.15) is 100 Å². The molecule has 2 aromatic heterocycles. The average molecular weight is 450 g/mol. The molecule has 0 bridgehead atoms. The van der Waals surface area contributed by atoms with Crippen LogP contribution >= 0.6 is 22.7 Å². The summed E-state index contributed by atoms with van der Waals surface area (Å²) >= 11 is 3.40. The molecule has 1 aliphatic rings. The molecule has 0 spiro atoms. The normalized spacial score (nSPS) is 19.0. The van der Waals surface area contributed by atoms with Gasteiger partial charge in [0.25, 0.3) is 0 Å². The number of benzene rings is 1. The van der Waals surface area contributed by atoms with Crippen LogP contribution in [0.3, 0.4) is 0 Å². The Morgan fingerprint density at radius 2 is 1.52 bits per heavy atom. The molecule has 0 N–H and O–H groups in total. The molecule has 164 valence electrons. The van der Waals surface area contributed by atoms with E-state index in [1.54, 1.807) is 22.7 Å². The first-order valence-corrected chi connectivity index (χ1v) is 13.9. The Kier molecular flexibility index (Phi) is 8.22. The summed E-state index contributed by atoms with van der Waals surface area (Å²) in [5.74, 6) is 1.73. The summed E-state index contributed by atoms with van der Waals surface area (Å²) in [6, 6.07) is 15.9. The smallest absolute Gasteiger partial charge is 0.110 e. The van der Waals surface area contributed by atoms with Crippen molar-refractivity contribution in [1.82, 2.24) is 0 Å². The van der Waals surface area contributed by atoms with Gasteiger partial charge in [0, 0.05) is 14.3 Å². The van der Waals surface area contributed by atoms with Gasteiger partial charge in [-0.2, -0.15) is 5.26 Å². The van der Waals surface area contributed by atoms with Gasteiger partial charge in [0.05, 0.1) is 0 Å². The molecule has 31 heavy (non-hydrogen) atoms. The highest BCUT2D eigenvalue weighted by Crippen LogP contribution is 2.40. The predicted octanol–water partition coefficient (Wildman–Crippen LogP) is 9.92. The van der Waals surface area contributed by atoms with Crippen LogP contribution in [0.25, 0.3) is 19.8 Å². The lowest BCUT2D eigenvalue weighted by molar-refractivity contribution is 0.302. The number of nitriles is 1. The van der Waals surface area contributed by atoms with Gasteiger partial charge in [-0.05, 0) is 60.8 Å². The number of nitrogens with zero attached hydrogens (tertiary/aromatic N) is 1. The molecule has 4 rings (SSSR count). The van der Waals surface area contributed by atoms with Crippen LogP contribution < -0.4 is 0 Å². The summed E-state index contributed by atoms with van der Waals surface area (Å²) in [6.07, 6.45) is 17.0. The number of hydrogen-bond acceptors (Lipinski definition) is 3. The molecule has 1 aromatic carbocycles. The van der Waals surface area contributed by atoms with Crippen molar-refractivity contribution in [2.45, 2.75) is 89.9 Å². The highest BCUT2D eigenvalue weighted by molar-refractivity contribution is 7.29. The molecule has 1 fully saturated rings. The Bertz CT molecular complexity index is 949. The first-order valence-electron chi connectivity index (χ1n) is 12.3. The van der Waals surface area contributed by atoms with E-state index < -0.39 is 0 Å². The third-order valence-corrected chi connectivity index (χ3v) is 9.29. The minimum absolute atomic E-state index is 0.754. The number of thiophene rings is 2. The molecule has 3 heteroatoms. The molecular weight excluding hydrogens is 414 g/mol. The van der Waals surface area contributed by atoms with Gasteiger partial charge in [-0.1, -0.05) is 82.6 Å². The maximum Gasteiger partial charge on any atom is 0.110 e. The van der Waals surface area contributed by atoms with Crippen molar-refractivity contribution in [3.05, 3.63) is 46.8 Å². The Hall–Kier alpha value is -1.63. The van der Waals surface area contributed by atoms with Crippen LogP contribution in [0.5, 0.6) is 0 Å². The fourth-order valence-corrected chi connectivity index (χ4v) is 7.33. The van der Waals surface area contributed by atoms with E-state index in [0.717, 1.165) is 16.7 Å². The van der Waals surface area contributed by atoms with Crippen molar-refractivity contribution in [3.8, 4) is 16.5 Å². The van der Waals surface area contributed by atoms with Crippen LogP contribution in [0.4, 0.5) is 0 Å². The largest absolute Gasteiger partial charge is 0.192 e. The van der Waals surface area contributed by atoms with Crippen molar-refractivity contribution in [3.63, 3.8) is 0 Å².